The first kappa shape index (κ1) is 17.8. The van der Waals surface area contributed by atoms with Gasteiger partial charge in [-0.1, -0.05) is 0 Å². The van der Waals surface area contributed by atoms with Crippen LogP contribution in [0.3, 0.4) is 0 Å². The van der Waals surface area contributed by atoms with Crippen LogP contribution in [0.5, 0.6) is 0 Å². The lowest BCUT2D eigenvalue weighted by molar-refractivity contribution is -0.145. The molecule has 0 saturated heterocycles. The molecule has 0 spiro atoms. The molecule has 19 heavy (non-hydrogen) atoms. The Kier molecular flexibility index (Phi) is 8.29. The van der Waals surface area contributed by atoms with Crippen molar-refractivity contribution in [2.45, 2.75) is 32.5 Å². The standard InChI is InChI=1S/C12H24N2O5/c1-8(15)6-14(7-9(2)16)12(19)10(5-13-3)4-11(17)18/h8-10,13,15-16H,4-7H2,1-3H3,(H,17,18). The van der Waals surface area contributed by atoms with Crippen LogP contribution in [0.25, 0.3) is 0 Å². The van der Waals surface area contributed by atoms with Crippen molar-refractivity contribution >= 4 is 11.9 Å². The molecule has 0 aromatic heterocycles. The van der Waals surface area contributed by atoms with E-state index in [1.165, 1.54) is 18.7 Å². The van der Waals surface area contributed by atoms with Crippen LogP contribution >= 0.6 is 0 Å². The van der Waals surface area contributed by atoms with Crippen molar-refractivity contribution in [2.75, 3.05) is 26.7 Å². The summed E-state index contributed by atoms with van der Waals surface area (Å²) in [5.74, 6) is -2.14. The fourth-order valence-electron chi connectivity index (χ4n) is 1.85. The van der Waals surface area contributed by atoms with Crippen molar-refractivity contribution < 1.29 is 24.9 Å². The SMILES string of the molecule is CNCC(CC(=O)O)C(=O)N(CC(C)O)CC(C)O. The number of nitrogens with zero attached hydrogens (tertiary/aromatic N) is 1. The van der Waals surface area contributed by atoms with Crippen LogP contribution in [0.4, 0.5) is 0 Å². The number of hydrogen-bond acceptors (Lipinski definition) is 5. The lowest BCUT2D eigenvalue weighted by atomic mass is 10.0. The van der Waals surface area contributed by atoms with E-state index in [9.17, 15) is 19.8 Å². The Morgan fingerprint density at radius 2 is 1.63 bits per heavy atom. The minimum atomic E-state index is -1.05. The molecule has 0 aliphatic rings. The highest BCUT2D eigenvalue weighted by atomic mass is 16.4. The van der Waals surface area contributed by atoms with E-state index < -0.39 is 24.1 Å². The largest absolute Gasteiger partial charge is 0.481 e. The van der Waals surface area contributed by atoms with Crippen molar-refractivity contribution in [1.29, 1.82) is 0 Å². The molecule has 1 amide bonds. The summed E-state index contributed by atoms with van der Waals surface area (Å²) in [5, 5.41) is 30.3. The highest BCUT2D eigenvalue weighted by Crippen LogP contribution is 2.09. The summed E-state index contributed by atoms with van der Waals surface area (Å²) in [6.45, 7) is 3.45. The van der Waals surface area contributed by atoms with E-state index in [0.717, 1.165) is 0 Å². The highest BCUT2D eigenvalue weighted by molar-refractivity contribution is 5.83. The van der Waals surface area contributed by atoms with Gasteiger partial charge in [-0.2, -0.15) is 0 Å². The summed E-state index contributed by atoms with van der Waals surface area (Å²) in [6, 6.07) is 0. The van der Waals surface area contributed by atoms with Gasteiger partial charge in [-0.25, -0.2) is 0 Å². The van der Waals surface area contributed by atoms with E-state index in [-0.39, 0.29) is 32.0 Å². The average molecular weight is 276 g/mol. The summed E-state index contributed by atoms with van der Waals surface area (Å²) in [6.07, 6.45) is -1.75. The van der Waals surface area contributed by atoms with E-state index in [1.807, 2.05) is 0 Å². The van der Waals surface area contributed by atoms with Crippen LogP contribution in [-0.2, 0) is 9.59 Å². The molecule has 0 aromatic rings. The predicted octanol–water partition coefficient (Wildman–Crippen LogP) is -1.11. The van der Waals surface area contributed by atoms with Gasteiger partial charge >= 0.3 is 5.97 Å². The zero-order valence-electron chi connectivity index (χ0n) is 11.7. The Balaban J connectivity index is 4.83. The van der Waals surface area contributed by atoms with Crippen molar-refractivity contribution in [3.8, 4) is 0 Å². The van der Waals surface area contributed by atoms with Gasteiger partial charge in [-0.3, -0.25) is 9.59 Å². The molecule has 7 nitrogen and oxygen atoms in total. The monoisotopic (exact) mass is 276 g/mol. The molecule has 0 bridgehead atoms. The maximum absolute atomic E-state index is 12.2. The average Bonchev–Trinajstić information content (AvgIpc) is 2.24. The van der Waals surface area contributed by atoms with Crippen molar-refractivity contribution in [3.63, 3.8) is 0 Å². The Morgan fingerprint density at radius 1 is 1.16 bits per heavy atom. The van der Waals surface area contributed by atoms with Crippen molar-refractivity contribution in [3.05, 3.63) is 0 Å². The van der Waals surface area contributed by atoms with Crippen LogP contribution in [0.15, 0.2) is 0 Å². The fraction of sp³-hybridized carbons (Fsp3) is 0.833. The van der Waals surface area contributed by atoms with E-state index in [0.29, 0.717) is 0 Å². The fourth-order valence-corrected chi connectivity index (χ4v) is 1.85. The molecule has 0 rings (SSSR count). The molecule has 4 N–H and O–H groups in total. The molecule has 0 saturated carbocycles. The van der Waals surface area contributed by atoms with Gasteiger partial charge in [0.05, 0.1) is 24.5 Å². The minimum absolute atomic E-state index is 0.0730. The predicted molar refractivity (Wildman–Crippen MR) is 69.6 cm³/mol. The molecule has 3 atom stereocenters. The second kappa shape index (κ2) is 8.84. The third-order valence-corrected chi connectivity index (χ3v) is 2.50. The quantitative estimate of drug-likeness (QED) is 0.425. The zero-order chi connectivity index (χ0) is 15.0. The van der Waals surface area contributed by atoms with E-state index in [1.54, 1.807) is 7.05 Å². The van der Waals surface area contributed by atoms with Crippen LogP contribution < -0.4 is 5.32 Å². The number of nitrogens with one attached hydrogen (secondary N) is 1. The normalized spacial score (nSPS) is 15.6. The van der Waals surface area contributed by atoms with Crippen LogP contribution in [0, 0.1) is 5.92 Å². The van der Waals surface area contributed by atoms with Crippen molar-refractivity contribution in [1.82, 2.24) is 10.2 Å². The van der Waals surface area contributed by atoms with Gasteiger partial charge in [0, 0.05) is 19.6 Å². The molecule has 3 unspecified atom stereocenters. The first-order valence-corrected chi connectivity index (χ1v) is 6.29. The summed E-state index contributed by atoms with van der Waals surface area (Å²) < 4.78 is 0. The molecule has 0 heterocycles. The molecule has 0 aromatic carbocycles. The summed E-state index contributed by atoms with van der Waals surface area (Å²) >= 11 is 0. The van der Waals surface area contributed by atoms with Crippen molar-refractivity contribution in [2.24, 2.45) is 5.92 Å². The van der Waals surface area contributed by atoms with E-state index in [4.69, 9.17) is 5.11 Å². The Hall–Kier alpha value is -1.18. The molecule has 7 heteroatoms. The molecule has 0 fully saturated rings. The number of aliphatic carboxylic acids is 1. The number of amides is 1. The molecular weight excluding hydrogens is 252 g/mol. The first-order valence-electron chi connectivity index (χ1n) is 6.29. The van der Waals surface area contributed by atoms with Gasteiger partial charge in [-0.05, 0) is 20.9 Å². The second-order valence-electron chi connectivity index (χ2n) is 4.79. The third kappa shape index (κ3) is 7.76. The molecule has 0 radical (unpaired) electrons. The second-order valence-corrected chi connectivity index (χ2v) is 4.79. The molecular formula is C12H24N2O5. The van der Waals surface area contributed by atoms with Gasteiger partial charge in [0.25, 0.3) is 0 Å². The first-order chi connectivity index (χ1) is 8.77. The Morgan fingerprint density at radius 3 is 1.95 bits per heavy atom. The smallest absolute Gasteiger partial charge is 0.304 e. The summed E-state index contributed by atoms with van der Waals surface area (Å²) in [4.78, 5) is 24.3. The summed E-state index contributed by atoms with van der Waals surface area (Å²) in [5.41, 5.74) is 0. The van der Waals surface area contributed by atoms with E-state index >= 15 is 0 Å². The number of aliphatic hydroxyl groups is 2. The molecule has 0 aliphatic heterocycles. The van der Waals surface area contributed by atoms with Crippen LogP contribution in [0.2, 0.25) is 0 Å². The highest BCUT2D eigenvalue weighted by Gasteiger charge is 2.27. The maximum Gasteiger partial charge on any atom is 0.304 e. The lowest BCUT2D eigenvalue weighted by Crippen LogP contribution is -2.46. The molecule has 0 aliphatic carbocycles. The van der Waals surface area contributed by atoms with Gasteiger partial charge in [0.2, 0.25) is 5.91 Å². The topological polar surface area (TPSA) is 110 Å². The number of rotatable bonds is 9. The van der Waals surface area contributed by atoms with Gasteiger partial charge < -0.3 is 25.5 Å². The number of carboxylic acid groups (broad SMARTS) is 1. The number of carbonyl (C=O) groups excluding carboxylic acids is 1. The van der Waals surface area contributed by atoms with Crippen LogP contribution in [0.1, 0.15) is 20.3 Å². The Labute approximate surface area is 113 Å². The van der Waals surface area contributed by atoms with Gasteiger partial charge in [0.15, 0.2) is 0 Å². The maximum atomic E-state index is 12.2. The lowest BCUT2D eigenvalue weighted by Gasteiger charge is -2.28. The molecule has 112 valence electrons. The number of hydrogen-bond donors (Lipinski definition) is 4. The van der Waals surface area contributed by atoms with Crippen LogP contribution in [-0.4, -0.2) is 71.0 Å². The summed E-state index contributed by atoms with van der Waals surface area (Å²) in [7, 11) is 1.63. The van der Waals surface area contributed by atoms with Gasteiger partial charge in [-0.15, -0.1) is 0 Å². The van der Waals surface area contributed by atoms with E-state index in [2.05, 4.69) is 5.32 Å². The zero-order valence-corrected chi connectivity index (χ0v) is 11.7. The number of carbonyl (C=O) groups is 2. The van der Waals surface area contributed by atoms with Gasteiger partial charge in [0.1, 0.15) is 0 Å². The number of carboxylic acids is 1. The third-order valence-electron chi connectivity index (χ3n) is 2.50. The Bertz CT molecular complexity index is 284. The minimum Gasteiger partial charge on any atom is -0.481 e. The number of aliphatic hydroxyl groups excluding tert-OH is 2.